The van der Waals surface area contributed by atoms with E-state index in [1.807, 2.05) is 20.8 Å². The van der Waals surface area contributed by atoms with E-state index in [-0.39, 0.29) is 6.10 Å². The Hall–Kier alpha value is 0.0338. The van der Waals surface area contributed by atoms with Crippen molar-refractivity contribution < 1.29 is 45.5 Å². The largest absolute Gasteiger partial charge is 0.528 e. The summed E-state index contributed by atoms with van der Waals surface area (Å²) >= 11 is 0. The minimum Gasteiger partial charge on any atom is -0.379 e. The molecule has 0 N–H and O–H groups in total. The summed E-state index contributed by atoms with van der Waals surface area (Å²) < 4.78 is 53.7. The second-order valence-electron chi connectivity index (χ2n) is 6.53. The molecule has 180 valence electrons. The van der Waals surface area contributed by atoms with Crippen LogP contribution in [0.2, 0.25) is 6.04 Å². The molecule has 10 nitrogen and oxygen atoms in total. The summed E-state index contributed by atoms with van der Waals surface area (Å²) in [5, 5.41) is 0. The zero-order valence-corrected chi connectivity index (χ0v) is 21.3. The monoisotopic (exact) mass is 472 g/mol. The SMILES string of the molecule is CCO[Si](COCC1CO1)(OCC)OCC.CO[Si](CCOCC1CO1)(OC)OC. The molecule has 0 amide bonds. The topological polar surface area (TPSA) is 98.9 Å². The van der Waals surface area contributed by atoms with Crippen molar-refractivity contribution in [3.05, 3.63) is 0 Å². The summed E-state index contributed by atoms with van der Waals surface area (Å²) in [6, 6.07) is 0.670. The van der Waals surface area contributed by atoms with E-state index >= 15 is 0 Å². The van der Waals surface area contributed by atoms with Crippen LogP contribution in [0.25, 0.3) is 0 Å². The molecule has 2 heterocycles. The van der Waals surface area contributed by atoms with Gasteiger partial charge in [0.05, 0.1) is 33.0 Å². The van der Waals surface area contributed by atoms with Crippen LogP contribution in [0.5, 0.6) is 0 Å². The normalized spacial score (nSPS) is 20.6. The summed E-state index contributed by atoms with van der Waals surface area (Å²) in [6.07, 6.45) is 0.970. The molecule has 2 rings (SSSR count). The molecular weight excluding hydrogens is 432 g/mol. The van der Waals surface area contributed by atoms with E-state index in [9.17, 15) is 0 Å². The van der Waals surface area contributed by atoms with Gasteiger partial charge in [0.1, 0.15) is 18.4 Å². The third kappa shape index (κ3) is 11.6. The fraction of sp³-hybridized carbons (Fsp3) is 1.00. The van der Waals surface area contributed by atoms with E-state index in [2.05, 4.69) is 0 Å². The number of rotatable bonds is 18. The molecule has 30 heavy (non-hydrogen) atoms. The molecule has 0 radical (unpaired) electrons. The summed E-state index contributed by atoms with van der Waals surface area (Å²) in [5.74, 6) is 0. The van der Waals surface area contributed by atoms with Crippen molar-refractivity contribution in [3.8, 4) is 0 Å². The number of hydrogen-bond donors (Lipinski definition) is 0. The molecule has 0 aromatic carbocycles. The summed E-state index contributed by atoms with van der Waals surface area (Å²) in [6.45, 7) is 11.0. The lowest BCUT2D eigenvalue weighted by Crippen LogP contribution is -2.51. The minimum atomic E-state index is -2.61. The van der Waals surface area contributed by atoms with Crippen molar-refractivity contribution in [1.29, 1.82) is 0 Å². The van der Waals surface area contributed by atoms with Crippen molar-refractivity contribution in [2.24, 2.45) is 0 Å². The van der Waals surface area contributed by atoms with Gasteiger partial charge in [-0.15, -0.1) is 0 Å². The molecule has 0 aliphatic carbocycles. The van der Waals surface area contributed by atoms with Crippen LogP contribution in [0.1, 0.15) is 20.8 Å². The van der Waals surface area contributed by atoms with Crippen molar-refractivity contribution in [2.75, 3.05) is 80.4 Å². The Bertz CT molecular complexity index is 394. The first kappa shape index (κ1) is 28.1. The molecule has 2 aliphatic heterocycles. The maximum atomic E-state index is 5.64. The summed E-state index contributed by atoms with van der Waals surface area (Å²) in [5.41, 5.74) is 0. The summed E-state index contributed by atoms with van der Waals surface area (Å²) in [4.78, 5) is 0. The van der Waals surface area contributed by atoms with E-state index in [1.54, 1.807) is 21.3 Å². The molecule has 12 heteroatoms. The first-order chi connectivity index (χ1) is 14.5. The molecule has 2 atom stereocenters. The van der Waals surface area contributed by atoms with Gasteiger partial charge in [-0.25, -0.2) is 0 Å². The van der Waals surface area contributed by atoms with Crippen LogP contribution >= 0.6 is 0 Å². The Morgan fingerprint density at radius 2 is 1.13 bits per heavy atom. The predicted molar refractivity (Wildman–Crippen MR) is 113 cm³/mol. The highest BCUT2D eigenvalue weighted by Gasteiger charge is 2.42. The lowest BCUT2D eigenvalue weighted by molar-refractivity contribution is 0.0273. The van der Waals surface area contributed by atoms with Gasteiger partial charge >= 0.3 is 17.6 Å². The van der Waals surface area contributed by atoms with Crippen LogP contribution in [0.15, 0.2) is 0 Å². The standard InChI is InChI=1S/C10H22O5Si.C8H18O5Si/c1-4-13-16(14-5-2,15-6-3)9-11-7-10-8-12-10;1-9-14(10-2,11-3)5-4-12-6-8-7-13-8/h10H,4-9H2,1-3H3;8H,4-7H2,1-3H3. The van der Waals surface area contributed by atoms with Crippen molar-refractivity contribution in [3.63, 3.8) is 0 Å². The molecule has 0 aromatic rings. The molecule has 0 aromatic heterocycles. The number of hydrogen-bond acceptors (Lipinski definition) is 10. The maximum Gasteiger partial charge on any atom is 0.528 e. The highest BCUT2D eigenvalue weighted by Crippen LogP contribution is 2.15. The lowest BCUT2D eigenvalue weighted by atomic mass is 10.5. The van der Waals surface area contributed by atoms with Gasteiger partial charge < -0.3 is 45.5 Å². The molecule has 2 aliphatic rings. The maximum absolute atomic E-state index is 5.64. The Morgan fingerprint density at radius 3 is 1.50 bits per heavy atom. The minimum absolute atomic E-state index is 0.261. The van der Waals surface area contributed by atoms with Gasteiger partial charge in [0, 0.05) is 47.2 Å². The second-order valence-corrected chi connectivity index (χ2v) is 12.1. The second kappa shape index (κ2) is 15.8. The molecule has 2 unspecified atom stereocenters. The van der Waals surface area contributed by atoms with Gasteiger partial charge in [-0.3, -0.25) is 0 Å². The van der Waals surface area contributed by atoms with Crippen molar-refractivity contribution >= 4 is 17.6 Å². The number of epoxide rings is 2. The van der Waals surface area contributed by atoms with E-state index in [1.165, 1.54) is 0 Å². The van der Waals surface area contributed by atoms with Crippen molar-refractivity contribution in [2.45, 2.75) is 39.0 Å². The lowest BCUT2D eigenvalue weighted by Gasteiger charge is -2.27. The molecule has 2 saturated heterocycles. The van der Waals surface area contributed by atoms with Gasteiger partial charge in [-0.1, -0.05) is 0 Å². The molecule has 0 bridgehead atoms. The zero-order chi connectivity index (χ0) is 22.3. The van der Waals surface area contributed by atoms with Crippen LogP contribution in [0.3, 0.4) is 0 Å². The van der Waals surface area contributed by atoms with Gasteiger partial charge in [-0.05, 0) is 20.8 Å². The van der Waals surface area contributed by atoms with E-state index < -0.39 is 17.6 Å². The Morgan fingerprint density at radius 1 is 0.700 bits per heavy atom. The quantitative estimate of drug-likeness (QED) is 0.165. The molecule has 0 spiro atoms. The fourth-order valence-electron chi connectivity index (χ4n) is 2.52. The third-order valence-electron chi connectivity index (χ3n) is 4.27. The Kier molecular flexibility index (Phi) is 14.8. The van der Waals surface area contributed by atoms with Crippen LogP contribution in [-0.2, 0) is 45.5 Å². The Labute approximate surface area is 183 Å². The first-order valence-corrected chi connectivity index (χ1v) is 14.3. The molecular formula is C18H40O10Si2. The average molecular weight is 473 g/mol. The van der Waals surface area contributed by atoms with E-state index in [0.717, 1.165) is 13.2 Å². The van der Waals surface area contributed by atoms with Crippen LogP contribution < -0.4 is 0 Å². The summed E-state index contributed by atoms with van der Waals surface area (Å²) in [7, 11) is -0.246. The average Bonchev–Trinajstić information content (AvgIpc) is 3.66. The van der Waals surface area contributed by atoms with Crippen LogP contribution in [-0.4, -0.2) is 110 Å². The first-order valence-electron chi connectivity index (χ1n) is 10.5. The highest BCUT2D eigenvalue weighted by atomic mass is 28.4. The van der Waals surface area contributed by atoms with E-state index in [0.29, 0.717) is 58.0 Å². The predicted octanol–water partition coefficient (Wildman–Crippen LogP) is 1.27. The third-order valence-corrected chi connectivity index (χ3v) is 9.70. The zero-order valence-electron chi connectivity index (χ0n) is 19.3. The Balaban J connectivity index is 0.000000303. The molecule has 2 fully saturated rings. The van der Waals surface area contributed by atoms with Crippen molar-refractivity contribution in [1.82, 2.24) is 0 Å². The van der Waals surface area contributed by atoms with Gasteiger partial charge in [0.15, 0.2) is 0 Å². The number of ether oxygens (including phenoxy) is 4. The van der Waals surface area contributed by atoms with Crippen LogP contribution in [0, 0.1) is 0 Å². The van der Waals surface area contributed by atoms with Gasteiger partial charge in [0.2, 0.25) is 0 Å². The smallest absolute Gasteiger partial charge is 0.379 e. The fourth-order valence-corrected chi connectivity index (χ4v) is 6.22. The van der Waals surface area contributed by atoms with Gasteiger partial charge in [-0.2, -0.15) is 0 Å². The van der Waals surface area contributed by atoms with E-state index in [4.69, 9.17) is 45.5 Å². The van der Waals surface area contributed by atoms with Gasteiger partial charge in [0.25, 0.3) is 0 Å². The highest BCUT2D eigenvalue weighted by molar-refractivity contribution is 6.61. The van der Waals surface area contributed by atoms with Crippen LogP contribution in [0.4, 0.5) is 0 Å². The molecule has 0 saturated carbocycles.